The van der Waals surface area contributed by atoms with Gasteiger partial charge in [0.2, 0.25) is 0 Å². The van der Waals surface area contributed by atoms with E-state index in [1.807, 2.05) is 60.7 Å². The first kappa shape index (κ1) is 19.7. The highest BCUT2D eigenvalue weighted by atomic mass is 79.9. The zero-order valence-electron chi connectivity index (χ0n) is 15.5. The summed E-state index contributed by atoms with van der Waals surface area (Å²) in [6.07, 6.45) is 0.669. The van der Waals surface area contributed by atoms with Crippen LogP contribution in [0.1, 0.15) is 6.42 Å². The molecule has 4 rings (SSSR count). The normalized spacial score (nSPS) is 11.0. The molecular formula is C23H18BrClN2O2. The van der Waals surface area contributed by atoms with Crippen molar-refractivity contribution in [3.05, 3.63) is 92.6 Å². The average molecular weight is 470 g/mol. The van der Waals surface area contributed by atoms with Crippen LogP contribution in [0.25, 0.3) is 22.3 Å². The topological polar surface area (TPSA) is 44.1 Å². The van der Waals surface area contributed by atoms with Crippen LogP contribution in [-0.2, 0) is 6.54 Å². The van der Waals surface area contributed by atoms with Gasteiger partial charge < -0.3 is 4.74 Å². The molecular weight excluding hydrogens is 452 g/mol. The maximum atomic E-state index is 13.2. The Morgan fingerprint density at radius 3 is 2.48 bits per heavy atom. The van der Waals surface area contributed by atoms with Crippen LogP contribution in [0.15, 0.2) is 82.1 Å². The van der Waals surface area contributed by atoms with Crippen molar-refractivity contribution in [1.82, 2.24) is 9.55 Å². The van der Waals surface area contributed by atoms with Crippen LogP contribution in [0.3, 0.4) is 0 Å². The number of para-hydroxylation sites is 2. The molecule has 6 heteroatoms. The molecule has 0 aliphatic heterocycles. The Balaban J connectivity index is 1.64. The number of halogens is 2. The molecule has 0 aliphatic carbocycles. The molecule has 29 heavy (non-hydrogen) atoms. The predicted octanol–water partition coefficient (Wildman–Crippen LogP) is 5.95. The zero-order valence-corrected chi connectivity index (χ0v) is 17.9. The van der Waals surface area contributed by atoms with E-state index in [1.54, 1.807) is 16.7 Å². The quantitative estimate of drug-likeness (QED) is 0.328. The molecule has 0 atom stereocenters. The number of ether oxygens (including phenoxy) is 1. The van der Waals surface area contributed by atoms with Crippen LogP contribution in [0.4, 0.5) is 0 Å². The SMILES string of the molecule is O=c1c2ccccc2nc(-c2ccc(Cl)cc2)n1CCCOc1ccccc1Br. The predicted molar refractivity (Wildman–Crippen MR) is 121 cm³/mol. The number of benzene rings is 3. The van der Waals surface area contributed by atoms with Crippen LogP contribution in [0, 0.1) is 0 Å². The summed E-state index contributed by atoms with van der Waals surface area (Å²) in [6.45, 7) is 0.987. The van der Waals surface area contributed by atoms with Crippen molar-refractivity contribution in [1.29, 1.82) is 0 Å². The van der Waals surface area contributed by atoms with E-state index >= 15 is 0 Å². The molecule has 0 bridgehead atoms. The molecule has 1 heterocycles. The van der Waals surface area contributed by atoms with Gasteiger partial charge in [0.25, 0.3) is 5.56 Å². The van der Waals surface area contributed by atoms with E-state index in [1.165, 1.54) is 0 Å². The van der Waals surface area contributed by atoms with E-state index in [2.05, 4.69) is 15.9 Å². The molecule has 0 radical (unpaired) electrons. The first-order chi connectivity index (χ1) is 14.1. The lowest BCUT2D eigenvalue weighted by Gasteiger charge is -2.14. The maximum absolute atomic E-state index is 13.2. The van der Waals surface area contributed by atoms with Crippen LogP contribution in [0.5, 0.6) is 5.75 Å². The van der Waals surface area contributed by atoms with Gasteiger partial charge in [0.1, 0.15) is 11.6 Å². The number of fused-ring (bicyclic) bond motifs is 1. The van der Waals surface area contributed by atoms with Crippen molar-refractivity contribution in [2.45, 2.75) is 13.0 Å². The summed E-state index contributed by atoms with van der Waals surface area (Å²) in [6, 6.07) is 22.5. The van der Waals surface area contributed by atoms with Gasteiger partial charge in [0.05, 0.1) is 22.0 Å². The van der Waals surface area contributed by atoms with Crippen molar-refractivity contribution >= 4 is 38.4 Å². The Morgan fingerprint density at radius 1 is 0.966 bits per heavy atom. The fourth-order valence-corrected chi connectivity index (χ4v) is 3.69. The lowest BCUT2D eigenvalue weighted by Crippen LogP contribution is -2.24. The van der Waals surface area contributed by atoms with Crippen molar-refractivity contribution < 1.29 is 4.74 Å². The summed E-state index contributed by atoms with van der Waals surface area (Å²) < 4.78 is 8.47. The fraction of sp³-hybridized carbons (Fsp3) is 0.130. The van der Waals surface area contributed by atoms with Gasteiger partial charge in [0, 0.05) is 17.1 Å². The average Bonchev–Trinajstić information content (AvgIpc) is 2.74. The highest BCUT2D eigenvalue weighted by Gasteiger charge is 2.13. The van der Waals surface area contributed by atoms with E-state index in [4.69, 9.17) is 21.3 Å². The van der Waals surface area contributed by atoms with Gasteiger partial charge in [-0.2, -0.15) is 0 Å². The minimum Gasteiger partial charge on any atom is -0.492 e. The van der Waals surface area contributed by atoms with Crippen molar-refractivity contribution in [2.24, 2.45) is 0 Å². The van der Waals surface area contributed by atoms with E-state index in [9.17, 15) is 4.79 Å². The lowest BCUT2D eigenvalue weighted by atomic mass is 10.1. The molecule has 0 aliphatic rings. The molecule has 0 fully saturated rings. The van der Waals surface area contributed by atoms with Crippen molar-refractivity contribution in [3.8, 4) is 17.1 Å². The lowest BCUT2D eigenvalue weighted by molar-refractivity contribution is 0.299. The molecule has 3 aromatic carbocycles. The zero-order chi connectivity index (χ0) is 20.2. The standard InChI is InChI=1S/C23H18BrClN2O2/c24-19-7-2-4-9-21(19)29-15-5-14-27-22(16-10-12-17(25)13-11-16)26-20-8-3-1-6-18(20)23(27)28/h1-4,6-13H,5,14-15H2. The first-order valence-corrected chi connectivity index (χ1v) is 10.4. The third-order valence-electron chi connectivity index (χ3n) is 4.58. The Bertz CT molecular complexity index is 1210. The van der Waals surface area contributed by atoms with Crippen molar-refractivity contribution in [3.63, 3.8) is 0 Å². The molecule has 4 nitrogen and oxygen atoms in total. The Morgan fingerprint density at radius 2 is 1.69 bits per heavy atom. The van der Waals surface area contributed by atoms with Gasteiger partial charge in [-0.3, -0.25) is 9.36 Å². The van der Waals surface area contributed by atoms with E-state index in [-0.39, 0.29) is 5.56 Å². The minimum absolute atomic E-state index is 0.0542. The van der Waals surface area contributed by atoms with Crippen LogP contribution in [0.2, 0.25) is 5.02 Å². The molecule has 146 valence electrons. The summed E-state index contributed by atoms with van der Waals surface area (Å²) in [5, 5.41) is 1.25. The summed E-state index contributed by atoms with van der Waals surface area (Å²) in [7, 11) is 0. The van der Waals surface area contributed by atoms with Crippen LogP contribution < -0.4 is 10.3 Å². The van der Waals surface area contributed by atoms with Gasteiger partial charge in [-0.25, -0.2) is 4.98 Å². The third kappa shape index (κ3) is 4.36. The molecule has 1 aromatic heterocycles. The Kier molecular flexibility index (Phi) is 5.97. The Hall–Kier alpha value is -2.63. The van der Waals surface area contributed by atoms with Gasteiger partial charge >= 0.3 is 0 Å². The van der Waals surface area contributed by atoms with Gasteiger partial charge in [-0.1, -0.05) is 35.9 Å². The second-order valence-corrected chi connectivity index (χ2v) is 7.84. The molecule has 0 amide bonds. The fourth-order valence-electron chi connectivity index (χ4n) is 3.16. The van der Waals surface area contributed by atoms with Crippen molar-refractivity contribution in [2.75, 3.05) is 6.61 Å². The summed E-state index contributed by atoms with van der Waals surface area (Å²) >= 11 is 9.51. The minimum atomic E-state index is -0.0542. The van der Waals surface area contributed by atoms with Gasteiger partial charge in [-0.05, 0) is 70.9 Å². The first-order valence-electron chi connectivity index (χ1n) is 9.26. The maximum Gasteiger partial charge on any atom is 0.261 e. The second kappa shape index (κ2) is 8.80. The molecule has 0 spiro atoms. The van der Waals surface area contributed by atoms with Crippen LogP contribution >= 0.6 is 27.5 Å². The monoisotopic (exact) mass is 468 g/mol. The van der Waals surface area contributed by atoms with Gasteiger partial charge in [-0.15, -0.1) is 0 Å². The number of nitrogens with zero attached hydrogens (tertiary/aromatic N) is 2. The summed E-state index contributed by atoms with van der Waals surface area (Å²) in [4.78, 5) is 17.9. The third-order valence-corrected chi connectivity index (χ3v) is 5.49. The smallest absolute Gasteiger partial charge is 0.261 e. The molecule has 4 aromatic rings. The highest BCUT2D eigenvalue weighted by Crippen LogP contribution is 2.24. The van der Waals surface area contributed by atoms with Gasteiger partial charge in [0.15, 0.2) is 0 Å². The number of rotatable bonds is 6. The number of hydrogen-bond donors (Lipinski definition) is 0. The second-order valence-electron chi connectivity index (χ2n) is 6.55. The summed E-state index contributed by atoms with van der Waals surface area (Å²) in [5.74, 6) is 1.42. The van der Waals surface area contributed by atoms with E-state index in [0.717, 1.165) is 15.8 Å². The van der Waals surface area contributed by atoms with E-state index < -0.39 is 0 Å². The summed E-state index contributed by atoms with van der Waals surface area (Å²) in [5.41, 5.74) is 1.48. The Labute approximate surface area is 181 Å². The van der Waals surface area contributed by atoms with Crippen LogP contribution in [-0.4, -0.2) is 16.2 Å². The molecule has 0 unspecified atom stereocenters. The largest absolute Gasteiger partial charge is 0.492 e. The number of aromatic nitrogens is 2. The molecule has 0 N–H and O–H groups in total. The highest BCUT2D eigenvalue weighted by molar-refractivity contribution is 9.10. The molecule has 0 saturated carbocycles. The van der Waals surface area contributed by atoms with E-state index in [0.29, 0.717) is 41.3 Å². The number of hydrogen-bond acceptors (Lipinski definition) is 3. The molecule has 0 saturated heterocycles.